The highest BCUT2D eigenvalue weighted by Crippen LogP contribution is 2.25. The summed E-state index contributed by atoms with van der Waals surface area (Å²) in [7, 11) is -1.45. The van der Waals surface area contributed by atoms with E-state index in [2.05, 4.69) is 16.8 Å². The van der Waals surface area contributed by atoms with Crippen molar-refractivity contribution in [1.29, 1.82) is 0 Å². The van der Waals surface area contributed by atoms with E-state index in [0.29, 0.717) is 11.6 Å². The van der Waals surface area contributed by atoms with Crippen LogP contribution in [0.5, 0.6) is 0 Å². The molecule has 2 N–H and O–H groups in total. The van der Waals surface area contributed by atoms with E-state index in [1.54, 1.807) is 5.38 Å². The van der Waals surface area contributed by atoms with Crippen LogP contribution in [0, 0.1) is 0 Å². The molecule has 4 nitrogen and oxygen atoms in total. The van der Waals surface area contributed by atoms with E-state index in [9.17, 15) is 0 Å². The molecule has 1 aliphatic heterocycles. The molecule has 1 aromatic rings. The van der Waals surface area contributed by atoms with E-state index in [-0.39, 0.29) is 0 Å². The lowest BCUT2D eigenvalue weighted by Crippen LogP contribution is -2.38. The summed E-state index contributed by atoms with van der Waals surface area (Å²) < 4.78 is 0. The highest BCUT2D eigenvalue weighted by molar-refractivity contribution is 7.14. The van der Waals surface area contributed by atoms with Gasteiger partial charge in [0.15, 0.2) is 5.13 Å². The van der Waals surface area contributed by atoms with Gasteiger partial charge in [-0.25, -0.2) is 4.98 Å². The zero-order chi connectivity index (χ0) is 10.8. The Morgan fingerprint density at radius 2 is 2.33 bits per heavy atom. The second-order valence-corrected chi connectivity index (χ2v) is 4.80. The molecule has 0 aromatic carbocycles. The van der Waals surface area contributed by atoms with E-state index in [0.717, 1.165) is 11.7 Å². The van der Waals surface area contributed by atoms with Crippen LogP contribution in [0.15, 0.2) is 5.38 Å². The van der Waals surface area contributed by atoms with Gasteiger partial charge in [0.2, 0.25) is 0 Å². The minimum atomic E-state index is -1.45. The molecular weight excluding hydrogens is 211 g/mol. The minimum Gasteiger partial charge on any atom is -0.422 e. The molecule has 1 fully saturated rings. The standard InChI is InChI=1S/C9H15BN2O2S/c1-7-4-2-3-5-12(7)9-11-8(6-15-9)10(13)14/h6-7,13-14H,2-5H2,1H3/t7-/m1/s1. The van der Waals surface area contributed by atoms with E-state index in [1.165, 1.54) is 30.6 Å². The summed E-state index contributed by atoms with van der Waals surface area (Å²) in [6.07, 6.45) is 3.66. The fourth-order valence-electron chi connectivity index (χ4n) is 1.91. The topological polar surface area (TPSA) is 56.6 Å². The molecule has 0 unspecified atom stereocenters. The van der Waals surface area contributed by atoms with Gasteiger partial charge in [-0.2, -0.15) is 0 Å². The molecule has 0 aliphatic carbocycles. The molecule has 15 heavy (non-hydrogen) atoms. The average Bonchev–Trinajstić information content (AvgIpc) is 2.67. The van der Waals surface area contributed by atoms with Gasteiger partial charge in [-0.05, 0) is 26.2 Å². The first-order chi connectivity index (χ1) is 7.18. The molecule has 1 aliphatic rings. The maximum Gasteiger partial charge on any atom is 0.509 e. The molecule has 2 heterocycles. The Morgan fingerprint density at radius 3 is 2.93 bits per heavy atom. The van der Waals surface area contributed by atoms with Crippen molar-refractivity contribution in [2.45, 2.75) is 32.2 Å². The number of aromatic nitrogens is 1. The average molecular weight is 226 g/mol. The molecule has 1 atom stereocenters. The SMILES string of the molecule is C[C@@H]1CCCCN1c1nc(B(O)O)cs1. The third kappa shape index (κ3) is 2.33. The second kappa shape index (κ2) is 4.51. The largest absolute Gasteiger partial charge is 0.509 e. The maximum atomic E-state index is 8.98. The van der Waals surface area contributed by atoms with Crippen molar-refractivity contribution in [2.24, 2.45) is 0 Å². The fraction of sp³-hybridized carbons (Fsp3) is 0.667. The minimum absolute atomic E-state index is 0.354. The normalized spacial score (nSPS) is 21.8. The van der Waals surface area contributed by atoms with Gasteiger partial charge < -0.3 is 14.9 Å². The van der Waals surface area contributed by atoms with Crippen molar-refractivity contribution < 1.29 is 10.0 Å². The Kier molecular flexibility index (Phi) is 3.28. The van der Waals surface area contributed by atoms with Crippen molar-refractivity contribution in [1.82, 2.24) is 4.98 Å². The number of piperidine rings is 1. The van der Waals surface area contributed by atoms with E-state index in [1.807, 2.05) is 0 Å². The van der Waals surface area contributed by atoms with Crippen LogP contribution in [-0.2, 0) is 0 Å². The van der Waals surface area contributed by atoms with Crippen LogP contribution < -0.4 is 10.5 Å². The van der Waals surface area contributed by atoms with E-state index in [4.69, 9.17) is 10.0 Å². The van der Waals surface area contributed by atoms with Crippen molar-refractivity contribution in [3.05, 3.63) is 5.38 Å². The van der Waals surface area contributed by atoms with E-state index >= 15 is 0 Å². The molecule has 1 saturated heterocycles. The van der Waals surface area contributed by atoms with Crippen LogP contribution in [0.25, 0.3) is 0 Å². The molecule has 0 amide bonds. The summed E-state index contributed by atoms with van der Waals surface area (Å²) in [5, 5.41) is 20.6. The van der Waals surface area contributed by atoms with Crippen molar-refractivity contribution in [3.63, 3.8) is 0 Å². The molecule has 0 saturated carbocycles. The molecule has 1 aromatic heterocycles. The van der Waals surface area contributed by atoms with Crippen molar-refractivity contribution >= 4 is 29.2 Å². The van der Waals surface area contributed by atoms with Crippen LogP contribution in [0.4, 0.5) is 5.13 Å². The highest BCUT2D eigenvalue weighted by atomic mass is 32.1. The maximum absolute atomic E-state index is 8.98. The third-order valence-electron chi connectivity index (χ3n) is 2.82. The van der Waals surface area contributed by atoms with Gasteiger partial charge in [-0.1, -0.05) is 0 Å². The van der Waals surface area contributed by atoms with Crippen LogP contribution in [0.2, 0.25) is 0 Å². The monoisotopic (exact) mass is 226 g/mol. The fourth-order valence-corrected chi connectivity index (χ4v) is 2.87. The first-order valence-electron chi connectivity index (χ1n) is 5.26. The van der Waals surface area contributed by atoms with Gasteiger partial charge in [0.1, 0.15) is 0 Å². The summed E-state index contributed by atoms with van der Waals surface area (Å²) in [4.78, 5) is 6.48. The van der Waals surface area contributed by atoms with E-state index < -0.39 is 7.12 Å². The quantitative estimate of drug-likeness (QED) is 0.707. The van der Waals surface area contributed by atoms with Gasteiger partial charge in [0.05, 0.1) is 5.59 Å². The predicted octanol–water partition coefficient (Wildman–Crippen LogP) is 0.202. The Morgan fingerprint density at radius 1 is 1.53 bits per heavy atom. The molecule has 82 valence electrons. The Hall–Kier alpha value is -0.585. The summed E-state index contributed by atoms with van der Waals surface area (Å²) in [5.41, 5.74) is 0.354. The van der Waals surface area contributed by atoms with Gasteiger partial charge in [-0.15, -0.1) is 11.3 Å². The summed E-state index contributed by atoms with van der Waals surface area (Å²) >= 11 is 1.48. The Bertz CT molecular complexity index is 332. The third-order valence-corrected chi connectivity index (χ3v) is 3.72. The first kappa shape index (κ1) is 10.9. The van der Waals surface area contributed by atoms with Crippen LogP contribution in [-0.4, -0.2) is 34.7 Å². The molecule has 0 radical (unpaired) electrons. The Balaban J connectivity index is 2.13. The number of anilines is 1. The summed E-state index contributed by atoms with van der Waals surface area (Å²) in [6, 6.07) is 0.508. The molecule has 0 spiro atoms. The van der Waals surface area contributed by atoms with Crippen molar-refractivity contribution in [2.75, 3.05) is 11.4 Å². The number of hydrogen-bond acceptors (Lipinski definition) is 5. The predicted molar refractivity (Wildman–Crippen MR) is 62.6 cm³/mol. The van der Waals surface area contributed by atoms with Crippen LogP contribution in [0.3, 0.4) is 0 Å². The lowest BCUT2D eigenvalue weighted by molar-refractivity contribution is 0.424. The van der Waals surface area contributed by atoms with Gasteiger partial charge in [0, 0.05) is 18.0 Å². The van der Waals surface area contributed by atoms with Gasteiger partial charge in [-0.3, -0.25) is 0 Å². The number of thiazole rings is 1. The summed E-state index contributed by atoms with van der Waals surface area (Å²) in [5.74, 6) is 0. The van der Waals surface area contributed by atoms with Gasteiger partial charge >= 0.3 is 7.12 Å². The smallest absolute Gasteiger partial charge is 0.422 e. The van der Waals surface area contributed by atoms with Gasteiger partial charge in [0.25, 0.3) is 0 Å². The zero-order valence-corrected chi connectivity index (χ0v) is 9.57. The summed E-state index contributed by atoms with van der Waals surface area (Å²) in [6.45, 7) is 3.21. The van der Waals surface area contributed by atoms with Crippen molar-refractivity contribution in [3.8, 4) is 0 Å². The Labute approximate surface area is 93.7 Å². The molecule has 2 rings (SSSR count). The first-order valence-corrected chi connectivity index (χ1v) is 6.14. The molecule has 0 bridgehead atoms. The van der Waals surface area contributed by atoms with Crippen LogP contribution >= 0.6 is 11.3 Å². The zero-order valence-electron chi connectivity index (χ0n) is 8.76. The molecule has 6 heteroatoms. The highest BCUT2D eigenvalue weighted by Gasteiger charge is 2.23. The number of nitrogens with zero attached hydrogens (tertiary/aromatic N) is 2. The lowest BCUT2D eigenvalue weighted by Gasteiger charge is -2.33. The number of hydrogen-bond donors (Lipinski definition) is 2. The number of rotatable bonds is 2. The molecular formula is C9H15BN2O2S. The lowest BCUT2D eigenvalue weighted by atomic mass is 9.88. The second-order valence-electron chi connectivity index (χ2n) is 3.97. The van der Waals surface area contributed by atoms with Crippen LogP contribution in [0.1, 0.15) is 26.2 Å².